The zero-order valence-electron chi connectivity index (χ0n) is 8.85. The number of hydrogen-bond donors (Lipinski definition) is 0. The molecule has 0 fully saturated rings. The van der Waals surface area contributed by atoms with Crippen molar-refractivity contribution in [3.8, 4) is 0 Å². The summed E-state index contributed by atoms with van der Waals surface area (Å²) in [5.41, 5.74) is 0. The number of halogens is 2. The molecule has 0 aliphatic carbocycles. The van der Waals surface area contributed by atoms with E-state index in [1.165, 1.54) is 12.2 Å². The third kappa shape index (κ3) is 2.60. The normalized spacial score (nSPS) is 11.0. The fraction of sp³-hybridized carbons (Fsp3) is 0. The fourth-order valence-electron chi connectivity index (χ4n) is 1.30. The van der Waals surface area contributed by atoms with Crippen LogP contribution in [0.25, 0.3) is 12.2 Å². The van der Waals surface area contributed by atoms with E-state index in [-0.39, 0.29) is 19.5 Å². The van der Waals surface area contributed by atoms with Crippen molar-refractivity contribution in [2.24, 2.45) is 0 Å². The molecule has 0 radical (unpaired) electrons. The Balaban J connectivity index is 2.28. The molecular formula is C12H6F2O2S2. The Morgan fingerprint density at radius 1 is 0.833 bits per heavy atom. The maximum Gasteiger partial charge on any atom is 0.160 e. The number of carbonyl (C=O) groups excluding carboxylic acids is 2. The predicted molar refractivity (Wildman–Crippen MR) is 68.3 cm³/mol. The summed E-state index contributed by atoms with van der Waals surface area (Å²) in [6.45, 7) is 0. The van der Waals surface area contributed by atoms with Crippen LogP contribution in [0, 0.1) is 11.6 Å². The average Bonchev–Trinajstić information content (AvgIpc) is 2.90. The minimum absolute atomic E-state index is 0.248. The number of aldehydes is 2. The van der Waals surface area contributed by atoms with E-state index in [9.17, 15) is 18.4 Å². The Hall–Kier alpha value is -1.66. The summed E-state index contributed by atoms with van der Waals surface area (Å²) in [6, 6.07) is 2.25. The lowest BCUT2D eigenvalue weighted by Gasteiger charge is -1.87. The standard InChI is InChI=1S/C12H6F2O2S2/c13-9-3-7(5-15)17-11(9)1-2-12-10(14)4-8(6-16)18-12/h1-6H/b2-1+. The maximum absolute atomic E-state index is 13.3. The van der Waals surface area contributed by atoms with E-state index in [2.05, 4.69) is 0 Å². The van der Waals surface area contributed by atoms with Crippen LogP contribution in [-0.2, 0) is 0 Å². The highest BCUT2D eigenvalue weighted by Gasteiger charge is 2.08. The van der Waals surface area contributed by atoms with Crippen molar-refractivity contribution in [2.75, 3.05) is 0 Å². The molecule has 0 aliphatic rings. The first kappa shape index (κ1) is 12.8. The lowest BCUT2D eigenvalue weighted by Crippen LogP contribution is -1.71. The molecule has 0 aliphatic heterocycles. The van der Waals surface area contributed by atoms with Crippen molar-refractivity contribution in [2.45, 2.75) is 0 Å². The first-order valence-corrected chi connectivity index (χ1v) is 6.44. The molecule has 18 heavy (non-hydrogen) atoms. The molecule has 0 unspecified atom stereocenters. The van der Waals surface area contributed by atoms with Gasteiger partial charge in [-0.25, -0.2) is 8.78 Å². The van der Waals surface area contributed by atoms with E-state index >= 15 is 0 Å². The highest BCUT2D eigenvalue weighted by atomic mass is 32.1. The molecule has 6 heteroatoms. The fourth-order valence-corrected chi connectivity index (χ4v) is 2.81. The van der Waals surface area contributed by atoms with Gasteiger partial charge in [0.2, 0.25) is 0 Å². The second-order valence-corrected chi connectivity index (χ2v) is 5.52. The van der Waals surface area contributed by atoms with E-state index in [0.29, 0.717) is 12.6 Å². The lowest BCUT2D eigenvalue weighted by molar-refractivity contribution is 0.111. The largest absolute Gasteiger partial charge is 0.297 e. The molecule has 0 spiro atoms. The molecule has 0 N–H and O–H groups in total. The molecule has 2 nitrogen and oxygen atoms in total. The van der Waals surface area contributed by atoms with Crippen LogP contribution in [0.5, 0.6) is 0 Å². The second-order valence-electron chi connectivity index (χ2n) is 3.29. The van der Waals surface area contributed by atoms with Crippen LogP contribution < -0.4 is 0 Å². The first-order valence-electron chi connectivity index (χ1n) is 4.81. The van der Waals surface area contributed by atoms with Crippen LogP contribution in [0.4, 0.5) is 8.78 Å². The summed E-state index contributed by atoms with van der Waals surface area (Å²) < 4.78 is 26.7. The van der Waals surface area contributed by atoms with Crippen molar-refractivity contribution in [1.82, 2.24) is 0 Å². The van der Waals surface area contributed by atoms with Crippen LogP contribution in [-0.4, -0.2) is 12.6 Å². The van der Waals surface area contributed by atoms with Crippen LogP contribution in [0.15, 0.2) is 12.1 Å². The van der Waals surface area contributed by atoms with Gasteiger partial charge in [-0.05, 0) is 24.3 Å². The van der Waals surface area contributed by atoms with Crippen molar-refractivity contribution >= 4 is 47.4 Å². The van der Waals surface area contributed by atoms with Crippen molar-refractivity contribution in [1.29, 1.82) is 0 Å². The number of hydrogen-bond acceptors (Lipinski definition) is 4. The van der Waals surface area contributed by atoms with Crippen LogP contribution >= 0.6 is 22.7 Å². The molecule has 92 valence electrons. The molecule has 0 aromatic carbocycles. The average molecular weight is 284 g/mol. The monoisotopic (exact) mass is 284 g/mol. The molecule has 2 heterocycles. The summed E-state index contributed by atoms with van der Waals surface area (Å²) in [5.74, 6) is -1.04. The molecule has 2 aromatic heterocycles. The van der Waals surface area contributed by atoms with Gasteiger partial charge in [-0.15, -0.1) is 22.7 Å². The van der Waals surface area contributed by atoms with E-state index in [0.717, 1.165) is 34.8 Å². The van der Waals surface area contributed by atoms with E-state index in [4.69, 9.17) is 0 Å². The Bertz CT molecular complexity index is 572. The van der Waals surface area contributed by atoms with Gasteiger partial charge in [-0.1, -0.05) is 0 Å². The molecule has 0 amide bonds. The Kier molecular flexibility index (Phi) is 3.78. The predicted octanol–water partition coefficient (Wildman–Crippen LogP) is 3.88. The highest BCUT2D eigenvalue weighted by molar-refractivity contribution is 7.15. The number of thiophene rings is 2. The quantitative estimate of drug-likeness (QED) is 0.798. The summed E-state index contributed by atoms with van der Waals surface area (Å²) in [7, 11) is 0. The Labute approximate surface area is 109 Å². The Morgan fingerprint density at radius 3 is 1.50 bits per heavy atom. The highest BCUT2D eigenvalue weighted by Crippen LogP contribution is 2.25. The number of rotatable bonds is 4. The van der Waals surface area contributed by atoms with Crippen LogP contribution in [0.3, 0.4) is 0 Å². The van der Waals surface area contributed by atoms with Crippen molar-refractivity contribution in [3.63, 3.8) is 0 Å². The van der Waals surface area contributed by atoms with Gasteiger partial charge >= 0.3 is 0 Å². The minimum atomic E-state index is -0.522. The molecular weight excluding hydrogens is 278 g/mol. The summed E-state index contributed by atoms with van der Waals surface area (Å²) >= 11 is 1.96. The third-order valence-corrected chi connectivity index (χ3v) is 4.08. The van der Waals surface area contributed by atoms with E-state index < -0.39 is 11.6 Å². The van der Waals surface area contributed by atoms with Gasteiger partial charge in [-0.2, -0.15) is 0 Å². The molecule has 0 saturated heterocycles. The lowest BCUT2D eigenvalue weighted by atomic mass is 10.3. The van der Waals surface area contributed by atoms with Crippen LogP contribution in [0.1, 0.15) is 29.1 Å². The van der Waals surface area contributed by atoms with E-state index in [1.807, 2.05) is 0 Å². The zero-order valence-corrected chi connectivity index (χ0v) is 10.5. The SMILES string of the molecule is O=Cc1cc(F)c(/C=C/c2sc(C=O)cc2F)s1. The molecule has 0 atom stereocenters. The minimum Gasteiger partial charge on any atom is -0.297 e. The smallest absolute Gasteiger partial charge is 0.160 e. The van der Waals surface area contributed by atoms with E-state index in [1.54, 1.807) is 0 Å². The summed E-state index contributed by atoms with van der Waals surface area (Å²) in [6.07, 6.45) is 3.88. The first-order chi connectivity index (χ1) is 8.63. The maximum atomic E-state index is 13.3. The van der Waals surface area contributed by atoms with Gasteiger partial charge in [0.05, 0.1) is 19.5 Å². The molecule has 0 bridgehead atoms. The van der Waals surface area contributed by atoms with Gasteiger partial charge in [0.15, 0.2) is 12.6 Å². The Morgan fingerprint density at radius 2 is 1.22 bits per heavy atom. The van der Waals surface area contributed by atoms with Gasteiger partial charge in [0, 0.05) is 0 Å². The zero-order chi connectivity index (χ0) is 13.1. The van der Waals surface area contributed by atoms with Gasteiger partial charge in [0.1, 0.15) is 11.6 Å². The van der Waals surface area contributed by atoms with Gasteiger partial charge in [0.25, 0.3) is 0 Å². The second kappa shape index (κ2) is 5.32. The molecule has 2 rings (SSSR count). The van der Waals surface area contributed by atoms with Crippen molar-refractivity contribution in [3.05, 3.63) is 43.3 Å². The van der Waals surface area contributed by atoms with Crippen molar-refractivity contribution < 1.29 is 18.4 Å². The summed E-state index contributed by atoms with van der Waals surface area (Å²) in [5, 5.41) is 0. The number of carbonyl (C=O) groups is 2. The van der Waals surface area contributed by atoms with Crippen LogP contribution in [0.2, 0.25) is 0 Å². The molecule has 2 aromatic rings. The third-order valence-electron chi connectivity index (χ3n) is 2.08. The molecule has 0 saturated carbocycles. The van der Waals surface area contributed by atoms with Gasteiger partial charge in [-0.3, -0.25) is 9.59 Å². The van der Waals surface area contributed by atoms with Gasteiger partial charge < -0.3 is 0 Å². The summed E-state index contributed by atoms with van der Waals surface area (Å²) in [4.78, 5) is 22.0. The topological polar surface area (TPSA) is 34.1 Å².